The lowest BCUT2D eigenvalue weighted by atomic mass is 9.81. The maximum atomic E-state index is 13.0. The number of hydrogen-bond acceptors (Lipinski definition) is 1. The molecule has 1 aliphatic rings. The van der Waals surface area contributed by atoms with Crippen molar-refractivity contribution in [2.24, 2.45) is 0 Å². The molecule has 1 fully saturated rings. The van der Waals surface area contributed by atoms with Crippen LogP contribution in [0.4, 0.5) is 4.39 Å². The fourth-order valence-electron chi connectivity index (χ4n) is 2.44. The van der Waals surface area contributed by atoms with E-state index in [4.69, 9.17) is 0 Å². The summed E-state index contributed by atoms with van der Waals surface area (Å²) in [5.41, 5.74) is 2.21. The Morgan fingerprint density at radius 3 is 2.47 bits per heavy atom. The van der Waals surface area contributed by atoms with Gasteiger partial charge in [-0.05, 0) is 42.7 Å². The standard InChI is InChI=1S/C13H17FO/c14-12-7-5-10(6-8-12)13-4-2-1-3-11(13)9-15/h1-4,10,12,15H,5-9H2. The summed E-state index contributed by atoms with van der Waals surface area (Å²) >= 11 is 0. The smallest absolute Gasteiger partial charge is 0.100 e. The van der Waals surface area contributed by atoms with E-state index in [1.807, 2.05) is 18.2 Å². The largest absolute Gasteiger partial charge is 0.392 e. The molecule has 0 radical (unpaired) electrons. The van der Waals surface area contributed by atoms with Crippen LogP contribution in [0.1, 0.15) is 42.7 Å². The zero-order valence-corrected chi connectivity index (χ0v) is 8.82. The van der Waals surface area contributed by atoms with Crippen molar-refractivity contribution >= 4 is 0 Å². The van der Waals surface area contributed by atoms with E-state index >= 15 is 0 Å². The number of benzene rings is 1. The Balaban J connectivity index is 2.15. The predicted octanol–water partition coefficient (Wildman–Crippen LogP) is 3.17. The molecule has 0 heterocycles. The van der Waals surface area contributed by atoms with Crippen LogP contribution in [-0.2, 0) is 6.61 Å². The van der Waals surface area contributed by atoms with Crippen LogP contribution in [0, 0.1) is 0 Å². The van der Waals surface area contributed by atoms with Gasteiger partial charge in [0.05, 0.1) is 6.61 Å². The molecule has 0 atom stereocenters. The van der Waals surface area contributed by atoms with Crippen molar-refractivity contribution in [1.29, 1.82) is 0 Å². The monoisotopic (exact) mass is 208 g/mol. The molecule has 0 aromatic heterocycles. The van der Waals surface area contributed by atoms with Gasteiger partial charge in [0, 0.05) is 0 Å². The summed E-state index contributed by atoms with van der Waals surface area (Å²) in [4.78, 5) is 0. The lowest BCUT2D eigenvalue weighted by Gasteiger charge is -2.26. The van der Waals surface area contributed by atoms with Gasteiger partial charge < -0.3 is 5.11 Å². The van der Waals surface area contributed by atoms with Gasteiger partial charge >= 0.3 is 0 Å². The van der Waals surface area contributed by atoms with Crippen LogP contribution in [0.3, 0.4) is 0 Å². The van der Waals surface area contributed by atoms with Gasteiger partial charge in [0.2, 0.25) is 0 Å². The first-order chi connectivity index (χ1) is 7.31. The zero-order chi connectivity index (χ0) is 10.7. The Kier molecular flexibility index (Phi) is 3.37. The maximum Gasteiger partial charge on any atom is 0.100 e. The highest BCUT2D eigenvalue weighted by Crippen LogP contribution is 2.35. The normalized spacial score (nSPS) is 26.5. The van der Waals surface area contributed by atoms with E-state index in [2.05, 4.69) is 6.07 Å². The van der Waals surface area contributed by atoms with E-state index in [1.165, 1.54) is 5.56 Å². The first kappa shape index (κ1) is 10.6. The molecular weight excluding hydrogens is 191 g/mol. The summed E-state index contributed by atoms with van der Waals surface area (Å²) in [5, 5.41) is 9.23. The molecule has 1 aromatic carbocycles. The Labute approximate surface area is 89.9 Å². The Bertz CT molecular complexity index is 316. The molecule has 1 saturated carbocycles. The van der Waals surface area contributed by atoms with Gasteiger partial charge in [-0.2, -0.15) is 0 Å². The third kappa shape index (κ3) is 2.37. The lowest BCUT2D eigenvalue weighted by Crippen LogP contribution is -2.14. The lowest BCUT2D eigenvalue weighted by molar-refractivity contribution is 0.232. The number of hydrogen-bond donors (Lipinski definition) is 1. The van der Waals surface area contributed by atoms with E-state index in [9.17, 15) is 9.50 Å². The highest BCUT2D eigenvalue weighted by atomic mass is 19.1. The highest BCUT2D eigenvalue weighted by molar-refractivity contribution is 5.30. The molecule has 0 unspecified atom stereocenters. The summed E-state index contributed by atoms with van der Waals surface area (Å²) in [6.45, 7) is 0.0890. The average molecular weight is 208 g/mol. The molecule has 0 spiro atoms. The topological polar surface area (TPSA) is 20.2 Å². The SMILES string of the molecule is OCc1ccccc1C1CCC(F)CC1. The van der Waals surface area contributed by atoms with Gasteiger partial charge in [0.25, 0.3) is 0 Å². The van der Waals surface area contributed by atoms with Gasteiger partial charge in [0.15, 0.2) is 0 Å². The van der Waals surface area contributed by atoms with E-state index in [1.54, 1.807) is 0 Å². The first-order valence-electron chi connectivity index (χ1n) is 5.64. The fourth-order valence-corrected chi connectivity index (χ4v) is 2.44. The van der Waals surface area contributed by atoms with Gasteiger partial charge in [-0.3, -0.25) is 0 Å². The third-order valence-corrected chi connectivity index (χ3v) is 3.32. The molecular formula is C13H17FO. The summed E-state index contributed by atoms with van der Waals surface area (Å²) in [7, 11) is 0. The molecule has 2 heteroatoms. The molecule has 1 N–H and O–H groups in total. The van der Waals surface area contributed by atoms with Crippen LogP contribution in [0.25, 0.3) is 0 Å². The molecule has 1 nitrogen and oxygen atoms in total. The van der Waals surface area contributed by atoms with E-state index in [0.29, 0.717) is 18.8 Å². The van der Waals surface area contributed by atoms with Crippen molar-refractivity contribution in [1.82, 2.24) is 0 Å². The molecule has 2 rings (SSSR count). The summed E-state index contributed by atoms with van der Waals surface area (Å²) < 4.78 is 13.0. The second-order valence-electron chi connectivity index (χ2n) is 4.31. The minimum atomic E-state index is -0.609. The summed E-state index contributed by atoms with van der Waals surface area (Å²) in [5.74, 6) is 0.445. The second kappa shape index (κ2) is 4.75. The number of alkyl halides is 1. The van der Waals surface area contributed by atoms with Gasteiger partial charge in [0.1, 0.15) is 6.17 Å². The molecule has 0 bridgehead atoms. The van der Waals surface area contributed by atoms with E-state index in [0.717, 1.165) is 18.4 Å². The minimum Gasteiger partial charge on any atom is -0.392 e. The number of rotatable bonds is 2. The van der Waals surface area contributed by atoms with Crippen LogP contribution in [-0.4, -0.2) is 11.3 Å². The van der Waals surface area contributed by atoms with E-state index in [-0.39, 0.29) is 6.61 Å². The van der Waals surface area contributed by atoms with Crippen LogP contribution in [0.5, 0.6) is 0 Å². The molecule has 0 amide bonds. The molecule has 82 valence electrons. The fraction of sp³-hybridized carbons (Fsp3) is 0.538. The van der Waals surface area contributed by atoms with E-state index < -0.39 is 6.17 Å². The predicted molar refractivity (Wildman–Crippen MR) is 58.5 cm³/mol. The second-order valence-corrected chi connectivity index (χ2v) is 4.31. The van der Waals surface area contributed by atoms with Gasteiger partial charge in [-0.1, -0.05) is 24.3 Å². The number of aliphatic hydroxyl groups excluding tert-OH is 1. The third-order valence-electron chi connectivity index (χ3n) is 3.32. The summed E-state index contributed by atoms with van der Waals surface area (Å²) in [6, 6.07) is 7.96. The van der Waals surface area contributed by atoms with Crippen LogP contribution in [0.2, 0.25) is 0 Å². The molecule has 1 aliphatic carbocycles. The van der Waals surface area contributed by atoms with Gasteiger partial charge in [-0.25, -0.2) is 4.39 Å². The molecule has 0 saturated heterocycles. The van der Waals surface area contributed by atoms with Crippen molar-refractivity contribution < 1.29 is 9.50 Å². The summed E-state index contributed by atoms with van der Waals surface area (Å²) in [6.07, 6.45) is 2.56. The quantitative estimate of drug-likeness (QED) is 0.791. The van der Waals surface area contributed by atoms with Crippen LogP contribution < -0.4 is 0 Å². The van der Waals surface area contributed by atoms with Crippen molar-refractivity contribution in [2.75, 3.05) is 0 Å². The minimum absolute atomic E-state index is 0.0890. The van der Waals surface area contributed by atoms with Gasteiger partial charge in [-0.15, -0.1) is 0 Å². The van der Waals surface area contributed by atoms with Crippen molar-refractivity contribution in [3.05, 3.63) is 35.4 Å². The van der Waals surface area contributed by atoms with Crippen LogP contribution >= 0.6 is 0 Å². The van der Waals surface area contributed by atoms with Crippen molar-refractivity contribution in [3.63, 3.8) is 0 Å². The van der Waals surface area contributed by atoms with Crippen molar-refractivity contribution in [2.45, 2.75) is 44.4 Å². The average Bonchev–Trinajstić information content (AvgIpc) is 2.30. The Morgan fingerprint density at radius 2 is 1.80 bits per heavy atom. The first-order valence-corrected chi connectivity index (χ1v) is 5.64. The van der Waals surface area contributed by atoms with Crippen molar-refractivity contribution in [3.8, 4) is 0 Å². The molecule has 15 heavy (non-hydrogen) atoms. The highest BCUT2D eigenvalue weighted by Gasteiger charge is 2.23. The van der Waals surface area contributed by atoms with Crippen LogP contribution in [0.15, 0.2) is 24.3 Å². The zero-order valence-electron chi connectivity index (χ0n) is 8.82. The Morgan fingerprint density at radius 1 is 1.13 bits per heavy atom. The maximum absolute atomic E-state index is 13.0. The Hall–Kier alpha value is -0.890. The number of halogens is 1. The number of aliphatic hydroxyl groups is 1. The molecule has 1 aromatic rings. The molecule has 0 aliphatic heterocycles.